The molecule has 0 saturated carbocycles. The van der Waals surface area contributed by atoms with E-state index in [9.17, 15) is 8.42 Å². The van der Waals surface area contributed by atoms with Gasteiger partial charge in [-0.25, -0.2) is 13.1 Å². The lowest BCUT2D eigenvalue weighted by Gasteiger charge is -2.25. The van der Waals surface area contributed by atoms with Crippen LogP contribution in [0.25, 0.3) is 0 Å². The standard InChI is InChI=1S/C12H19NO4S/c1-9-4-5-11(6-10(9)2)18(16,17)13-12(3,7-14)8-15/h4-6,13-15H,7-8H2,1-3H3. The lowest BCUT2D eigenvalue weighted by Crippen LogP contribution is -2.51. The molecule has 0 spiro atoms. The molecule has 0 aliphatic rings. The molecule has 0 fully saturated rings. The molecule has 0 aliphatic carbocycles. The van der Waals surface area contributed by atoms with E-state index in [0.717, 1.165) is 11.1 Å². The maximum atomic E-state index is 12.1. The number of benzene rings is 1. The van der Waals surface area contributed by atoms with Gasteiger partial charge in [0, 0.05) is 0 Å². The third kappa shape index (κ3) is 3.29. The predicted octanol–water partition coefficient (Wildman–Crippen LogP) is 0.325. The van der Waals surface area contributed by atoms with Crippen molar-refractivity contribution in [2.24, 2.45) is 0 Å². The molecule has 0 saturated heterocycles. The van der Waals surface area contributed by atoms with Gasteiger partial charge in [0.1, 0.15) is 0 Å². The molecule has 18 heavy (non-hydrogen) atoms. The molecule has 0 heterocycles. The van der Waals surface area contributed by atoms with Gasteiger partial charge < -0.3 is 10.2 Å². The zero-order chi connectivity index (χ0) is 14.0. The van der Waals surface area contributed by atoms with Crippen LogP contribution in [0.15, 0.2) is 23.1 Å². The van der Waals surface area contributed by atoms with Gasteiger partial charge >= 0.3 is 0 Å². The van der Waals surface area contributed by atoms with Crippen molar-refractivity contribution in [1.29, 1.82) is 0 Å². The average molecular weight is 273 g/mol. The number of sulfonamides is 1. The fourth-order valence-electron chi connectivity index (χ4n) is 1.38. The Labute approximate surface area is 108 Å². The van der Waals surface area contributed by atoms with Gasteiger partial charge in [0.2, 0.25) is 10.0 Å². The molecule has 102 valence electrons. The minimum Gasteiger partial charge on any atom is -0.394 e. The van der Waals surface area contributed by atoms with Crippen LogP contribution in [0.4, 0.5) is 0 Å². The summed E-state index contributed by atoms with van der Waals surface area (Å²) in [5.41, 5.74) is 0.603. The summed E-state index contributed by atoms with van der Waals surface area (Å²) >= 11 is 0. The fraction of sp³-hybridized carbons (Fsp3) is 0.500. The Morgan fingerprint density at radius 3 is 2.17 bits per heavy atom. The summed E-state index contributed by atoms with van der Waals surface area (Å²) in [6.45, 7) is 4.20. The second-order valence-electron chi connectivity index (χ2n) is 4.73. The SMILES string of the molecule is Cc1ccc(S(=O)(=O)NC(C)(CO)CO)cc1C. The second-order valence-corrected chi connectivity index (χ2v) is 6.41. The number of hydrogen-bond donors (Lipinski definition) is 3. The van der Waals surface area contributed by atoms with Crippen LogP contribution in [-0.4, -0.2) is 37.4 Å². The van der Waals surface area contributed by atoms with Crippen LogP contribution in [0.5, 0.6) is 0 Å². The van der Waals surface area contributed by atoms with Crippen LogP contribution in [0.3, 0.4) is 0 Å². The molecule has 5 nitrogen and oxygen atoms in total. The molecule has 0 bridgehead atoms. The van der Waals surface area contributed by atoms with Crippen molar-refractivity contribution in [2.75, 3.05) is 13.2 Å². The van der Waals surface area contributed by atoms with Crippen molar-refractivity contribution in [3.8, 4) is 0 Å². The molecule has 0 aromatic heterocycles. The topological polar surface area (TPSA) is 86.6 Å². The highest BCUT2D eigenvalue weighted by Crippen LogP contribution is 2.16. The van der Waals surface area contributed by atoms with Gasteiger partial charge in [0.05, 0.1) is 23.6 Å². The summed E-state index contributed by atoms with van der Waals surface area (Å²) in [5.74, 6) is 0. The molecular formula is C12H19NO4S. The number of hydrogen-bond acceptors (Lipinski definition) is 4. The lowest BCUT2D eigenvalue weighted by molar-refractivity contribution is 0.122. The van der Waals surface area contributed by atoms with Crippen LogP contribution in [0.1, 0.15) is 18.1 Å². The molecule has 1 aromatic rings. The van der Waals surface area contributed by atoms with Gasteiger partial charge in [0.15, 0.2) is 0 Å². The van der Waals surface area contributed by atoms with Gasteiger partial charge in [-0.15, -0.1) is 0 Å². The first-order chi connectivity index (χ1) is 8.24. The largest absolute Gasteiger partial charge is 0.394 e. The summed E-state index contributed by atoms with van der Waals surface area (Å²) in [6, 6.07) is 4.78. The van der Waals surface area contributed by atoms with Crippen LogP contribution >= 0.6 is 0 Å². The van der Waals surface area contributed by atoms with E-state index in [-0.39, 0.29) is 4.90 Å². The zero-order valence-corrected chi connectivity index (χ0v) is 11.6. The number of aliphatic hydroxyl groups is 2. The number of aryl methyl sites for hydroxylation is 2. The number of aliphatic hydroxyl groups excluding tert-OH is 2. The summed E-state index contributed by atoms with van der Waals surface area (Å²) < 4.78 is 26.5. The van der Waals surface area contributed by atoms with Gasteiger partial charge in [-0.05, 0) is 44.0 Å². The Kier molecular flexibility index (Phi) is 4.50. The highest BCUT2D eigenvalue weighted by molar-refractivity contribution is 7.89. The molecule has 0 amide bonds. The van der Waals surface area contributed by atoms with Gasteiger partial charge in [-0.2, -0.15) is 0 Å². The number of nitrogens with one attached hydrogen (secondary N) is 1. The van der Waals surface area contributed by atoms with Crippen molar-refractivity contribution in [1.82, 2.24) is 4.72 Å². The van der Waals surface area contributed by atoms with Crippen molar-refractivity contribution < 1.29 is 18.6 Å². The first-order valence-electron chi connectivity index (χ1n) is 5.57. The van der Waals surface area contributed by atoms with Crippen LogP contribution < -0.4 is 4.72 Å². The van der Waals surface area contributed by atoms with Gasteiger partial charge in [-0.3, -0.25) is 0 Å². The second kappa shape index (κ2) is 5.36. The van der Waals surface area contributed by atoms with E-state index in [1.54, 1.807) is 12.1 Å². The molecule has 0 radical (unpaired) electrons. The molecule has 0 unspecified atom stereocenters. The smallest absolute Gasteiger partial charge is 0.241 e. The summed E-state index contributed by atoms with van der Waals surface area (Å²) in [6.07, 6.45) is 0. The van der Waals surface area contributed by atoms with E-state index < -0.39 is 28.8 Å². The van der Waals surface area contributed by atoms with Crippen molar-refractivity contribution >= 4 is 10.0 Å². The van der Waals surface area contributed by atoms with E-state index in [1.807, 2.05) is 13.8 Å². The van der Waals surface area contributed by atoms with E-state index >= 15 is 0 Å². The Bertz CT molecular complexity index is 521. The molecule has 6 heteroatoms. The minimum atomic E-state index is -3.75. The fourth-order valence-corrected chi connectivity index (χ4v) is 2.85. The summed E-state index contributed by atoms with van der Waals surface area (Å²) in [4.78, 5) is 0.124. The maximum Gasteiger partial charge on any atom is 0.241 e. The Morgan fingerprint density at radius 1 is 1.17 bits per heavy atom. The highest BCUT2D eigenvalue weighted by atomic mass is 32.2. The first-order valence-corrected chi connectivity index (χ1v) is 7.05. The number of rotatable bonds is 5. The molecule has 3 N–H and O–H groups in total. The summed E-state index contributed by atoms with van der Waals surface area (Å²) in [7, 11) is -3.75. The van der Waals surface area contributed by atoms with Crippen LogP contribution in [0.2, 0.25) is 0 Å². The van der Waals surface area contributed by atoms with Crippen molar-refractivity contribution in [2.45, 2.75) is 31.2 Å². The van der Waals surface area contributed by atoms with E-state index in [2.05, 4.69) is 4.72 Å². The Balaban J connectivity index is 3.10. The third-order valence-electron chi connectivity index (χ3n) is 2.87. The molecule has 1 aromatic carbocycles. The van der Waals surface area contributed by atoms with Crippen LogP contribution in [0, 0.1) is 13.8 Å². The molecule has 0 atom stereocenters. The monoisotopic (exact) mass is 273 g/mol. The third-order valence-corrected chi connectivity index (χ3v) is 4.50. The van der Waals surface area contributed by atoms with E-state index in [0.29, 0.717) is 0 Å². The normalized spacial score (nSPS) is 12.7. The van der Waals surface area contributed by atoms with E-state index in [1.165, 1.54) is 13.0 Å². The van der Waals surface area contributed by atoms with Crippen LogP contribution in [-0.2, 0) is 10.0 Å². The predicted molar refractivity (Wildman–Crippen MR) is 68.8 cm³/mol. The van der Waals surface area contributed by atoms with Crippen molar-refractivity contribution in [3.63, 3.8) is 0 Å². The lowest BCUT2D eigenvalue weighted by atomic mass is 10.1. The van der Waals surface area contributed by atoms with Crippen molar-refractivity contribution in [3.05, 3.63) is 29.3 Å². The quantitative estimate of drug-likeness (QED) is 0.721. The molecule has 0 aliphatic heterocycles. The van der Waals surface area contributed by atoms with Gasteiger partial charge in [-0.1, -0.05) is 6.07 Å². The van der Waals surface area contributed by atoms with E-state index in [4.69, 9.17) is 10.2 Å². The minimum absolute atomic E-state index is 0.124. The molecule has 1 rings (SSSR count). The Hall–Kier alpha value is -0.950. The Morgan fingerprint density at radius 2 is 1.72 bits per heavy atom. The molecular weight excluding hydrogens is 254 g/mol. The maximum absolute atomic E-state index is 12.1. The zero-order valence-electron chi connectivity index (χ0n) is 10.8. The first kappa shape index (κ1) is 15.1. The summed E-state index contributed by atoms with van der Waals surface area (Å²) in [5, 5.41) is 18.2. The highest BCUT2D eigenvalue weighted by Gasteiger charge is 2.29. The average Bonchev–Trinajstić information content (AvgIpc) is 2.32. The van der Waals surface area contributed by atoms with Gasteiger partial charge in [0.25, 0.3) is 0 Å².